The SMILES string of the molecule is CN(C(=O)C(NC(=O)OCC1c2ccccc2-c2ccccc21)c1cccs1)C(C)(C)C(=O)O. The van der Waals surface area contributed by atoms with Gasteiger partial charge in [-0.2, -0.15) is 0 Å². The van der Waals surface area contributed by atoms with Gasteiger partial charge in [0.1, 0.15) is 18.2 Å². The van der Waals surface area contributed by atoms with E-state index in [1.54, 1.807) is 17.5 Å². The maximum absolute atomic E-state index is 13.2. The largest absolute Gasteiger partial charge is 0.480 e. The minimum Gasteiger partial charge on any atom is -0.480 e. The third-order valence-corrected chi connectivity index (χ3v) is 7.31. The molecule has 2 amide bonds. The molecule has 8 heteroatoms. The van der Waals surface area contributed by atoms with Gasteiger partial charge in [0.25, 0.3) is 5.91 Å². The van der Waals surface area contributed by atoms with E-state index in [0.717, 1.165) is 27.2 Å². The van der Waals surface area contributed by atoms with Gasteiger partial charge < -0.3 is 20.1 Å². The summed E-state index contributed by atoms with van der Waals surface area (Å²) in [4.78, 5) is 39.4. The van der Waals surface area contributed by atoms with Crippen LogP contribution in [0.15, 0.2) is 66.0 Å². The van der Waals surface area contributed by atoms with Crippen LogP contribution in [0.4, 0.5) is 4.79 Å². The predicted octanol–water partition coefficient (Wildman–Crippen LogP) is 4.65. The van der Waals surface area contributed by atoms with Gasteiger partial charge in [-0.25, -0.2) is 9.59 Å². The normalized spacial score (nSPS) is 13.5. The molecular weight excluding hydrogens is 452 g/mol. The molecule has 0 radical (unpaired) electrons. The first kappa shape index (κ1) is 23.5. The lowest BCUT2D eigenvalue weighted by atomic mass is 9.98. The Balaban J connectivity index is 1.50. The number of aliphatic carboxylic acids is 1. The van der Waals surface area contributed by atoms with Crippen LogP contribution in [0.25, 0.3) is 11.1 Å². The minimum atomic E-state index is -1.45. The van der Waals surface area contributed by atoms with Crippen LogP contribution < -0.4 is 5.32 Å². The molecule has 1 unspecified atom stereocenters. The summed E-state index contributed by atoms with van der Waals surface area (Å²) < 4.78 is 5.60. The van der Waals surface area contributed by atoms with Gasteiger partial charge >= 0.3 is 12.1 Å². The zero-order valence-electron chi connectivity index (χ0n) is 19.1. The van der Waals surface area contributed by atoms with Gasteiger partial charge in [0, 0.05) is 17.8 Å². The quantitative estimate of drug-likeness (QED) is 0.515. The van der Waals surface area contributed by atoms with Gasteiger partial charge in [-0.3, -0.25) is 4.79 Å². The van der Waals surface area contributed by atoms with Gasteiger partial charge in [-0.1, -0.05) is 54.6 Å². The number of carbonyl (C=O) groups excluding carboxylic acids is 2. The number of likely N-dealkylation sites (N-methyl/N-ethyl adjacent to an activating group) is 1. The first-order valence-electron chi connectivity index (χ1n) is 10.9. The van der Waals surface area contributed by atoms with Crippen LogP contribution in [-0.4, -0.2) is 47.2 Å². The zero-order valence-corrected chi connectivity index (χ0v) is 20.0. The highest BCUT2D eigenvalue weighted by Gasteiger charge is 2.39. The Morgan fingerprint density at radius 3 is 2.15 bits per heavy atom. The number of carboxylic acids is 1. The van der Waals surface area contributed by atoms with Crippen molar-refractivity contribution in [2.75, 3.05) is 13.7 Å². The van der Waals surface area contributed by atoms with Crippen molar-refractivity contribution >= 4 is 29.3 Å². The molecule has 176 valence electrons. The number of hydrogen-bond acceptors (Lipinski definition) is 5. The van der Waals surface area contributed by atoms with Crippen LogP contribution in [0.1, 0.15) is 41.8 Å². The highest BCUT2D eigenvalue weighted by Crippen LogP contribution is 2.44. The summed E-state index contributed by atoms with van der Waals surface area (Å²) >= 11 is 1.30. The van der Waals surface area contributed by atoms with E-state index in [1.165, 1.54) is 32.2 Å². The molecule has 2 aromatic carbocycles. The van der Waals surface area contributed by atoms with Gasteiger partial charge in [-0.15, -0.1) is 11.3 Å². The Morgan fingerprint density at radius 1 is 1.03 bits per heavy atom. The van der Waals surface area contributed by atoms with Crippen LogP contribution in [-0.2, 0) is 14.3 Å². The molecule has 0 aliphatic heterocycles. The Labute approximate surface area is 202 Å². The lowest BCUT2D eigenvalue weighted by Gasteiger charge is -2.34. The summed E-state index contributed by atoms with van der Waals surface area (Å²) in [6, 6.07) is 18.5. The smallest absolute Gasteiger partial charge is 0.408 e. The molecule has 0 saturated heterocycles. The fourth-order valence-electron chi connectivity index (χ4n) is 4.08. The van der Waals surface area contributed by atoms with Crippen LogP contribution in [0.2, 0.25) is 0 Å². The van der Waals surface area contributed by atoms with E-state index in [9.17, 15) is 19.5 Å². The Bertz CT molecular complexity index is 1180. The number of nitrogens with zero attached hydrogens (tertiary/aromatic N) is 1. The second-order valence-electron chi connectivity index (χ2n) is 8.68. The Morgan fingerprint density at radius 2 is 1.62 bits per heavy atom. The topological polar surface area (TPSA) is 95.9 Å². The van der Waals surface area contributed by atoms with Gasteiger partial charge in [0.2, 0.25) is 0 Å². The number of ether oxygens (including phenoxy) is 1. The average molecular weight is 479 g/mol. The van der Waals surface area contributed by atoms with Crippen molar-refractivity contribution in [1.82, 2.24) is 10.2 Å². The molecular formula is C26H26N2O5S. The second kappa shape index (κ2) is 9.30. The molecule has 1 aliphatic carbocycles. The summed E-state index contributed by atoms with van der Waals surface area (Å²) in [5.74, 6) is -1.79. The molecule has 1 aromatic heterocycles. The summed E-state index contributed by atoms with van der Waals surface area (Å²) in [6.07, 6.45) is -0.741. The lowest BCUT2D eigenvalue weighted by molar-refractivity contribution is -0.156. The number of nitrogens with one attached hydrogen (secondary N) is 1. The standard InChI is InChI=1S/C26H26N2O5S/c1-26(2,24(30)31)28(3)23(29)22(21-13-8-14-34-21)27-25(32)33-15-20-18-11-6-4-9-16(18)17-10-5-7-12-19(17)20/h4-14,20,22H,15H2,1-3H3,(H,27,32)(H,30,31). The van der Waals surface area contributed by atoms with Crippen LogP contribution >= 0.6 is 11.3 Å². The molecule has 1 aliphatic rings. The van der Waals surface area contributed by atoms with E-state index in [1.807, 2.05) is 36.4 Å². The second-order valence-corrected chi connectivity index (χ2v) is 9.66. The Hall–Kier alpha value is -3.65. The number of carboxylic acid groups (broad SMARTS) is 1. The molecule has 1 heterocycles. The molecule has 0 spiro atoms. The van der Waals surface area contributed by atoms with Crippen molar-refractivity contribution in [2.45, 2.75) is 31.3 Å². The zero-order chi connectivity index (χ0) is 24.5. The molecule has 1 atom stereocenters. The number of rotatable bonds is 7. The van der Waals surface area contributed by atoms with Crippen LogP contribution in [0, 0.1) is 0 Å². The monoisotopic (exact) mass is 478 g/mol. The van der Waals surface area contributed by atoms with Gasteiger partial charge in [0.15, 0.2) is 0 Å². The van der Waals surface area contributed by atoms with Crippen molar-refractivity contribution in [3.8, 4) is 11.1 Å². The van der Waals surface area contributed by atoms with E-state index in [2.05, 4.69) is 17.4 Å². The van der Waals surface area contributed by atoms with Crippen molar-refractivity contribution in [3.63, 3.8) is 0 Å². The first-order chi connectivity index (χ1) is 16.2. The predicted molar refractivity (Wildman–Crippen MR) is 130 cm³/mol. The summed E-state index contributed by atoms with van der Waals surface area (Å²) in [5, 5.41) is 14.0. The molecule has 7 nitrogen and oxygen atoms in total. The van der Waals surface area contributed by atoms with E-state index >= 15 is 0 Å². The number of carbonyl (C=O) groups is 3. The van der Waals surface area contributed by atoms with Crippen LogP contribution in [0.5, 0.6) is 0 Å². The number of amides is 2. The first-order valence-corrected chi connectivity index (χ1v) is 11.8. The van der Waals surface area contributed by atoms with Gasteiger partial charge in [-0.05, 0) is 47.5 Å². The van der Waals surface area contributed by atoms with Crippen molar-refractivity contribution in [3.05, 3.63) is 82.0 Å². The summed E-state index contributed by atoms with van der Waals surface area (Å²) in [6.45, 7) is 2.99. The Kier molecular flexibility index (Phi) is 6.43. The number of fused-ring (bicyclic) bond motifs is 3. The van der Waals surface area contributed by atoms with E-state index in [-0.39, 0.29) is 12.5 Å². The maximum Gasteiger partial charge on any atom is 0.408 e. The highest BCUT2D eigenvalue weighted by atomic mass is 32.1. The minimum absolute atomic E-state index is 0.109. The van der Waals surface area contributed by atoms with Crippen molar-refractivity contribution in [2.24, 2.45) is 0 Å². The van der Waals surface area contributed by atoms with E-state index in [4.69, 9.17) is 4.74 Å². The fraction of sp³-hybridized carbons (Fsp3) is 0.269. The third kappa shape index (κ3) is 4.28. The van der Waals surface area contributed by atoms with E-state index in [0.29, 0.717) is 4.88 Å². The van der Waals surface area contributed by atoms with Crippen LogP contribution in [0.3, 0.4) is 0 Å². The molecule has 2 N–H and O–H groups in total. The average Bonchev–Trinajstić information content (AvgIpc) is 3.47. The summed E-state index contributed by atoms with van der Waals surface area (Å²) in [5.41, 5.74) is 2.97. The lowest BCUT2D eigenvalue weighted by Crippen LogP contribution is -2.54. The molecule has 0 fully saturated rings. The molecule has 3 aromatic rings. The molecule has 0 saturated carbocycles. The molecule has 34 heavy (non-hydrogen) atoms. The highest BCUT2D eigenvalue weighted by molar-refractivity contribution is 7.10. The molecule has 0 bridgehead atoms. The fourth-order valence-corrected chi connectivity index (χ4v) is 4.85. The summed E-state index contributed by atoms with van der Waals surface area (Å²) in [7, 11) is 1.41. The molecule has 4 rings (SSSR count). The number of benzene rings is 2. The van der Waals surface area contributed by atoms with Crippen molar-refractivity contribution in [1.29, 1.82) is 0 Å². The third-order valence-electron chi connectivity index (χ3n) is 6.37. The number of hydrogen-bond donors (Lipinski definition) is 2. The van der Waals surface area contributed by atoms with Gasteiger partial charge in [0.05, 0.1) is 0 Å². The number of alkyl carbamates (subject to hydrolysis) is 1. The van der Waals surface area contributed by atoms with E-state index < -0.39 is 29.6 Å². The maximum atomic E-state index is 13.2. The van der Waals surface area contributed by atoms with Crippen molar-refractivity contribution < 1.29 is 24.2 Å². The number of thiophene rings is 1.